The quantitative estimate of drug-likeness (QED) is 0.345. The van der Waals surface area contributed by atoms with Crippen molar-refractivity contribution in [1.29, 1.82) is 0 Å². The summed E-state index contributed by atoms with van der Waals surface area (Å²) in [5, 5.41) is 13.3. The number of nitrogens with one attached hydrogen (secondary N) is 1. The Hall–Kier alpha value is -2.81. The monoisotopic (exact) mass is 470 g/mol. The van der Waals surface area contributed by atoms with Gasteiger partial charge in [-0.25, -0.2) is 9.37 Å². The summed E-state index contributed by atoms with van der Waals surface area (Å²) in [5.41, 5.74) is 3.04. The van der Waals surface area contributed by atoms with E-state index in [0.29, 0.717) is 21.4 Å². The molecule has 1 amide bonds. The van der Waals surface area contributed by atoms with E-state index >= 15 is 0 Å². The maximum atomic E-state index is 13.2. The summed E-state index contributed by atoms with van der Waals surface area (Å²) in [6.07, 6.45) is 0. The van der Waals surface area contributed by atoms with Crippen molar-refractivity contribution in [2.45, 2.75) is 11.9 Å². The molecule has 31 heavy (non-hydrogen) atoms. The molecule has 0 unspecified atom stereocenters. The first-order chi connectivity index (χ1) is 15.0. The number of carbonyl (C=O) groups is 1. The number of amides is 1. The average molecular weight is 471 g/mol. The zero-order valence-corrected chi connectivity index (χ0v) is 18.7. The summed E-state index contributed by atoms with van der Waals surface area (Å²) in [4.78, 5) is 17.6. The first kappa shape index (κ1) is 21.4. The van der Waals surface area contributed by atoms with Gasteiger partial charge in [0.1, 0.15) is 21.5 Å². The van der Waals surface area contributed by atoms with Crippen molar-refractivity contribution in [2.75, 3.05) is 11.1 Å². The number of carbonyl (C=O) groups excluding carboxylic acids is 1. The molecule has 0 saturated heterocycles. The fraction of sp³-hybridized carbons (Fsp3) is 0.0909. The molecule has 0 atom stereocenters. The summed E-state index contributed by atoms with van der Waals surface area (Å²) >= 11 is 8.70. The van der Waals surface area contributed by atoms with E-state index in [9.17, 15) is 9.18 Å². The minimum absolute atomic E-state index is 0.152. The van der Waals surface area contributed by atoms with Crippen molar-refractivity contribution in [1.82, 2.24) is 15.2 Å². The van der Waals surface area contributed by atoms with E-state index in [-0.39, 0.29) is 17.5 Å². The van der Waals surface area contributed by atoms with Gasteiger partial charge in [-0.2, -0.15) is 0 Å². The lowest BCUT2D eigenvalue weighted by Crippen LogP contribution is -2.14. The molecular weight excluding hydrogens is 455 g/mol. The van der Waals surface area contributed by atoms with Crippen molar-refractivity contribution in [3.8, 4) is 21.1 Å². The summed E-state index contributed by atoms with van der Waals surface area (Å²) in [5.74, 6) is -0.229. The maximum absolute atomic E-state index is 13.2. The Bertz CT molecular complexity index is 1210. The van der Waals surface area contributed by atoms with Crippen molar-refractivity contribution in [3.05, 3.63) is 77.2 Å². The van der Waals surface area contributed by atoms with E-state index in [4.69, 9.17) is 11.6 Å². The number of halogens is 2. The zero-order valence-electron chi connectivity index (χ0n) is 16.3. The number of hydrogen-bond acceptors (Lipinski definition) is 6. The Balaban J connectivity index is 1.40. The molecule has 0 fully saturated rings. The predicted molar refractivity (Wildman–Crippen MR) is 124 cm³/mol. The van der Waals surface area contributed by atoms with Gasteiger partial charge in [0.25, 0.3) is 0 Å². The van der Waals surface area contributed by atoms with Crippen LogP contribution in [0.5, 0.6) is 0 Å². The Labute approximate surface area is 191 Å². The van der Waals surface area contributed by atoms with Gasteiger partial charge in [-0.15, -0.1) is 21.5 Å². The van der Waals surface area contributed by atoms with E-state index in [1.54, 1.807) is 36.4 Å². The van der Waals surface area contributed by atoms with E-state index in [1.165, 1.54) is 35.2 Å². The van der Waals surface area contributed by atoms with Gasteiger partial charge < -0.3 is 5.32 Å². The number of thioether (sulfide) groups is 1. The third-order valence-electron chi connectivity index (χ3n) is 4.22. The lowest BCUT2D eigenvalue weighted by Gasteiger charge is -2.05. The molecule has 0 aliphatic heterocycles. The van der Waals surface area contributed by atoms with Crippen LogP contribution in [0.4, 0.5) is 10.1 Å². The van der Waals surface area contributed by atoms with E-state index in [0.717, 1.165) is 21.1 Å². The van der Waals surface area contributed by atoms with Gasteiger partial charge in [-0.05, 0) is 61.5 Å². The second kappa shape index (κ2) is 9.55. The Morgan fingerprint density at radius 3 is 2.65 bits per heavy atom. The number of hydrogen-bond donors (Lipinski definition) is 1. The van der Waals surface area contributed by atoms with E-state index in [2.05, 4.69) is 20.5 Å². The molecular formula is C22H16ClFN4OS2. The second-order valence-corrected chi connectivity index (χ2v) is 8.98. The largest absolute Gasteiger partial charge is 0.325 e. The third-order valence-corrected chi connectivity index (χ3v) is 6.60. The normalized spacial score (nSPS) is 10.8. The molecule has 0 aliphatic rings. The summed E-state index contributed by atoms with van der Waals surface area (Å²) in [6.45, 7) is 1.91. The zero-order chi connectivity index (χ0) is 21.8. The Morgan fingerprint density at radius 1 is 1.13 bits per heavy atom. The molecule has 9 heteroatoms. The van der Waals surface area contributed by atoms with Crippen LogP contribution in [-0.2, 0) is 4.79 Å². The fourth-order valence-corrected chi connectivity index (χ4v) is 4.61. The van der Waals surface area contributed by atoms with Gasteiger partial charge in [-0.1, -0.05) is 29.4 Å². The van der Waals surface area contributed by atoms with Crippen LogP contribution >= 0.6 is 34.7 Å². The van der Waals surface area contributed by atoms with Crippen molar-refractivity contribution < 1.29 is 9.18 Å². The topological polar surface area (TPSA) is 67.8 Å². The highest BCUT2D eigenvalue weighted by Gasteiger charge is 2.13. The van der Waals surface area contributed by atoms with Crippen LogP contribution in [-0.4, -0.2) is 26.8 Å². The molecule has 5 nitrogen and oxygen atoms in total. The van der Waals surface area contributed by atoms with Crippen LogP contribution in [0.1, 0.15) is 5.69 Å². The molecule has 4 rings (SSSR count). The van der Waals surface area contributed by atoms with Gasteiger partial charge in [-0.3, -0.25) is 4.79 Å². The summed E-state index contributed by atoms with van der Waals surface area (Å²) in [7, 11) is 0. The van der Waals surface area contributed by atoms with Crippen LogP contribution in [0.25, 0.3) is 21.1 Å². The van der Waals surface area contributed by atoms with Crippen molar-refractivity contribution >= 4 is 46.3 Å². The Morgan fingerprint density at radius 2 is 1.94 bits per heavy atom. The summed E-state index contributed by atoms with van der Waals surface area (Å²) < 4.78 is 13.2. The highest BCUT2D eigenvalue weighted by Crippen LogP contribution is 2.34. The van der Waals surface area contributed by atoms with Gasteiger partial charge in [0.15, 0.2) is 0 Å². The Kier molecular flexibility index (Phi) is 6.60. The minimum atomic E-state index is -0.280. The molecule has 2 aromatic heterocycles. The van der Waals surface area contributed by atoms with Crippen molar-refractivity contribution in [3.63, 3.8) is 0 Å². The van der Waals surface area contributed by atoms with Gasteiger partial charge in [0, 0.05) is 16.3 Å². The van der Waals surface area contributed by atoms with Crippen LogP contribution in [0.15, 0.2) is 65.7 Å². The molecule has 156 valence electrons. The molecule has 1 N–H and O–H groups in total. The maximum Gasteiger partial charge on any atom is 0.234 e. The molecule has 2 aromatic carbocycles. The van der Waals surface area contributed by atoms with Gasteiger partial charge in [0.2, 0.25) is 5.91 Å². The van der Waals surface area contributed by atoms with Crippen LogP contribution in [0.2, 0.25) is 5.02 Å². The number of nitrogens with zero attached hydrogens (tertiary/aromatic N) is 3. The molecule has 4 aromatic rings. The number of aryl methyl sites for hydroxylation is 1. The standard InChI is InChI=1S/C22H16ClFN4OS2/c1-13-21(31-22(25-13)14-5-7-16(24)8-6-14)18-9-10-20(28-27-18)30-12-19(29)26-17-4-2-3-15(23)11-17/h2-11H,12H2,1H3,(H,26,29). The molecule has 0 aliphatic carbocycles. The molecule has 0 radical (unpaired) electrons. The van der Waals surface area contributed by atoms with E-state index in [1.807, 2.05) is 19.1 Å². The SMILES string of the molecule is Cc1nc(-c2ccc(F)cc2)sc1-c1ccc(SCC(=O)Nc2cccc(Cl)c2)nn1. The first-order valence-corrected chi connectivity index (χ1v) is 11.4. The average Bonchev–Trinajstić information content (AvgIpc) is 3.15. The smallest absolute Gasteiger partial charge is 0.234 e. The second-order valence-electron chi connectivity index (χ2n) is 6.54. The first-order valence-electron chi connectivity index (χ1n) is 9.23. The molecule has 0 spiro atoms. The number of benzene rings is 2. The molecule has 0 bridgehead atoms. The number of rotatable bonds is 6. The lowest BCUT2D eigenvalue weighted by atomic mass is 10.2. The number of thiazole rings is 1. The van der Waals surface area contributed by atoms with Gasteiger partial charge in [0.05, 0.1) is 16.3 Å². The molecule has 0 saturated carbocycles. The summed E-state index contributed by atoms with van der Waals surface area (Å²) in [6, 6.07) is 16.9. The number of aromatic nitrogens is 3. The van der Waals surface area contributed by atoms with Crippen LogP contribution in [0.3, 0.4) is 0 Å². The fourth-order valence-electron chi connectivity index (χ4n) is 2.77. The van der Waals surface area contributed by atoms with Crippen LogP contribution in [0, 0.1) is 12.7 Å². The number of anilines is 1. The highest BCUT2D eigenvalue weighted by atomic mass is 35.5. The van der Waals surface area contributed by atoms with Gasteiger partial charge >= 0.3 is 0 Å². The van der Waals surface area contributed by atoms with E-state index < -0.39 is 0 Å². The van der Waals surface area contributed by atoms with Crippen LogP contribution < -0.4 is 5.32 Å². The third kappa shape index (κ3) is 5.46. The molecule has 2 heterocycles. The highest BCUT2D eigenvalue weighted by molar-refractivity contribution is 7.99. The minimum Gasteiger partial charge on any atom is -0.325 e. The predicted octanol–water partition coefficient (Wildman–Crippen LogP) is 6.10. The lowest BCUT2D eigenvalue weighted by molar-refractivity contribution is -0.113. The van der Waals surface area contributed by atoms with Crippen molar-refractivity contribution in [2.24, 2.45) is 0 Å².